The molecule has 1 atom stereocenters. The Hall–Kier alpha value is -3.87. The number of hydrogen-bond donors (Lipinski definition) is 2. The number of rotatable bonds is 7. The number of nitrogens with one attached hydrogen (secondary N) is 2. The summed E-state index contributed by atoms with van der Waals surface area (Å²) in [5.74, 6) is -2.77. The zero-order chi connectivity index (χ0) is 26.8. The van der Waals surface area contributed by atoms with Gasteiger partial charge in [0.2, 0.25) is 10.0 Å². The summed E-state index contributed by atoms with van der Waals surface area (Å²) in [5, 5.41) is 2.31. The van der Waals surface area contributed by atoms with E-state index in [9.17, 15) is 35.2 Å². The molecule has 0 saturated carbocycles. The maximum Gasteiger partial charge on any atom is 0.416 e. The molecule has 0 aliphatic carbocycles. The largest absolute Gasteiger partial charge is 0.425 e. The molecule has 0 bridgehead atoms. The van der Waals surface area contributed by atoms with Gasteiger partial charge in [0.15, 0.2) is 11.6 Å². The fraction of sp³-hybridized carbons (Fsp3) is 0.174. The van der Waals surface area contributed by atoms with Crippen LogP contribution in [0.5, 0.6) is 5.95 Å². The second-order valence-electron chi connectivity index (χ2n) is 7.65. The van der Waals surface area contributed by atoms with Crippen molar-refractivity contribution in [3.63, 3.8) is 0 Å². The van der Waals surface area contributed by atoms with E-state index in [-0.39, 0.29) is 28.4 Å². The molecule has 3 rings (SSSR count). The zero-order valence-corrected chi connectivity index (χ0v) is 19.6. The van der Waals surface area contributed by atoms with Crippen molar-refractivity contribution < 1.29 is 44.3 Å². The number of benzene rings is 2. The molecule has 0 spiro atoms. The van der Waals surface area contributed by atoms with Gasteiger partial charge in [-0.15, -0.1) is 0 Å². The molecule has 192 valence electrons. The highest BCUT2D eigenvalue weighted by atomic mass is 32.2. The first-order valence-electron chi connectivity index (χ1n) is 10.1. The molecule has 0 saturated heterocycles. The Labute approximate surface area is 202 Å². The molecule has 3 aromatic rings. The van der Waals surface area contributed by atoms with Crippen LogP contribution in [0.15, 0.2) is 53.5 Å². The number of sulfonamides is 1. The maximum atomic E-state index is 14.2. The lowest BCUT2D eigenvalue weighted by Crippen LogP contribution is -2.29. The smallest absolute Gasteiger partial charge is 0.416 e. The van der Waals surface area contributed by atoms with Crippen LogP contribution in [0.3, 0.4) is 0 Å². The zero-order valence-electron chi connectivity index (χ0n) is 18.7. The predicted octanol–water partition coefficient (Wildman–Crippen LogP) is 6.11. The van der Waals surface area contributed by atoms with Crippen molar-refractivity contribution in [2.75, 3.05) is 11.0 Å². The summed E-state index contributed by atoms with van der Waals surface area (Å²) >= 11 is 0. The third-order valence-electron chi connectivity index (χ3n) is 4.76. The SMILES string of the molecule is C=Cc1cc(-c2ccc(OC(=O)NC(C)c3cc(F)c(NS(C)(=O)=O)c(F)c3)o2)cc(C(F)(F)F)c1. The number of hydrogen-bond acceptors (Lipinski definition) is 5. The lowest BCUT2D eigenvalue weighted by atomic mass is 10.0. The van der Waals surface area contributed by atoms with Crippen molar-refractivity contribution >= 4 is 27.9 Å². The molecular weight excluding hydrogens is 511 g/mol. The van der Waals surface area contributed by atoms with Crippen LogP contribution in [0.1, 0.15) is 29.7 Å². The van der Waals surface area contributed by atoms with Crippen molar-refractivity contribution in [2.24, 2.45) is 0 Å². The van der Waals surface area contributed by atoms with Crippen LogP contribution < -0.4 is 14.8 Å². The van der Waals surface area contributed by atoms with E-state index in [1.54, 1.807) is 4.72 Å². The minimum absolute atomic E-state index is 0.0156. The van der Waals surface area contributed by atoms with Crippen LogP contribution in [-0.4, -0.2) is 20.8 Å². The van der Waals surface area contributed by atoms with Gasteiger partial charge in [0.05, 0.1) is 17.9 Å². The number of carbonyl (C=O) groups is 1. The lowest BCUT2D eigenvalue weighted by molar-refractivity contribution is -0.137. The summed E-state index contributed by atoms with van der Waals surface area (Å²) in [6, 6.07) is 6.37. The van der Waals surface area contributed by atoms with Crippen molar-refractivity contribution in [2.45, 2.75) is 19.1 Å². The molecule has 2 N–H and O–H groups in total. The first-order chi connectivity index (χ1) is 16.7. The van der Waals surface area contributed by atoms with Crippen LogP contribution in [0, 0.1) is 11.6 Å². The van der Waals surface area contributed by atoms with Gasteiger partial charge in [0, 0.05) is 11.6 Å². The standard InChI is InChI=1S/C23H19F5N2O5S/c1-4-13-7-15(9-16(8-13)23(26,27)28)19-5-6-20(34-19)35-22(31)29-12(2)14-10-17(24)21(18(25)11-14)30-36(3,32)33/h4-12,30H,1H2,2-3H3,(H,29,31). The molecule has 2 aromatic carbocycles. The average Bonchev–Trinajstić information content (AvgIpc) is 3.22. The van der Waals surface area contributed by atoms with Gasteiger partial charge in [-0.2, -0.15) is 13.2 Å². The van der Waals surface area contributed by atoms with E-state index in [0.717, 1.165) is 30.5 Å². The fourth-order valence-electron chi connectivity index (χ4n) is 3.11. The van der Waals surface area contributed by atoms with Crippen LogP contribution in [0.25, 0.3) is 17.4 Å². The highest BCUT2D eigenvalue weighted by Gasteiger charge is 2.31. The van der Waals surface area contributed by atoms with E-state index in [0.29, 0.717) is 0 Å². The number of anilines is 1. The minimum Gasteiger partial charge on any atom is -0.425 e. The molecule has 0 aliphatic heterocycles. The third kappa shape index (κ3) is 6.62. The Morgan fingerprint density at radius 1 is 1.11 bits per heavy atom. The summed E-state index contributed by atoms with van der Waals surface area (Å²) in [4.78, 5) is 12.2. The van der Waals surface area contributed by atoms with E-state index >= 15 is 0 Å². The molecule has 1 heterocycles. The van der Waals surface area contributed by atoms with E-state index in [1.807, 2.05) is 0 Å². The molecule has 13 heteroatoms. The molecule has 0 radical (unpaired) electrons. The number of ether oxygens (including phenoxy) is 1. The van der Waals surface area contributed by atoms with Crippen LogP contribution in [0.2, 0.25) is 0 Å². The Bertz CT molecular complexity index is 1390. The first kappa shape index (κ1) is 26.7. The Kier molecular flexibility index (Phi) is 7.43. The normalized spacial score (nSPS) is 12.6. The van der Waals surface area contributed by atoms with Crippen molar-refractivity contribution in [3.05, 3.63) is 77.4 Å². The van der Waals surface area contributed by atoms with Gasteiger partial charge in [-0.25, -0.2) is 22.0 Å². The average molecular weight is 530 g/mol. The number of halogens is 5. The number of amides is 1. The van der Waals surface area contributed by atoms with E-state index in [4.69, 9.17) is 9.15 Å². The van der Waals surface area contributed by atoms with Crippen molar-refractivity contribution in [1.82, 2.24) is 5.32 Å². The Balaban J connectivity index is 1.73. The van der Waals surface area contributed by atoms with Crippen molar-refractivity contribution in [1.29, 1.82) is 0 Å². The minimum atomic E-state index is -4.60. The lowest BCUT2D eigenvalue weighted by Gasteiger charge is -2.15. The fourth-order valence-corrected chi connectivity index (χ4v) is 3.68. The number of carbonyl (C=O) groups excluding carboxylic acids is 1. The molecular formula is C23H19F5N2O5S. The molecule has 1 aromatic heterocycles. The quantitative estimate of drug-likeness (QED) is 0.360. The second kappa shape index (κ2) is 10.0. The molecule has 0 fully saturated rings. The maximum absolute atomic E-state index is 14.2. The number of alkyl halides is 3. The second-order valence-corrected chi connectivity index (χ2v) is 9.40. The molecule has 1 unspecified atom stereocenters. The van der Waals surface area contributed by atoms with Crippen LogP contribution in [-0.2, 0) is 16.2 Å². The van der Waals surface area contributed by atoms with Gasteiger partial charge in [-0.3, -0.25) is 4.72 Å². The molecule has 0 aliphatic rings. The summed E-state index contributed by atoms with van der Waals surface area (Å²) in [6.07, 6.45) is -3.72. The van der Waals surface area contributed by atoms with Gasteiger partial charge in [-0.1, -0.05) is 12.7 Å². The van der Waals surface area contributed by atoms with Gasteiger partial charge >= 0.3 is 12.3 Å². The topological polar surface area (TPSA) is 97.6 Å². The monoisotopic (exact) mass is 530 g/mol. The van der Waals surface area contributed by atoms with Crippen LogP contribution >= 0.6 is 0 Å². The third-order valence-corrected chi connectivity index (χ3v) is 5.34. The van der Waals surface area contributed by atoms with E-state index in [1.165, 1.54) is 31.2 Å². The number of furan rings is 1. The molecule has 7 nitrogen and oxygen atoms in total. The Morgan fingerprint density at radius 2 is 1.75 bits per heavy atom. The van der Waals surface area contributed by atoms with E-state index in [2.05, 4.69) is 11.9 Å². The Morgan fingerprint density at radius 3 is 2.31 bits per heavy atom. The van der Waals surface area contributed by atoms with Gasteiger partial charge < -0.3 is 14.5 Å². The highest BCUT2D eigenvalue weighted by Crippen LogP contribution is 2.35. The summed E-state index contributed by atoms with van der Waals surface area (Å²) < 4.78 is 102. The molecule has 1 amide bonds. The van der Waals surface area contributed by atoms with Gasteiger partial charge in [0.1, 0.15) is 11.4 Å². The summed E-state index contributed by atoms with van der Waals surface area (Å²) in [6.45, 7) is 4.85. The van der Waals surface area contributed by atoms with Crippen molar-refractivity contribution in [3.8, 4) is 17.3 Å². The highest BCUT2D eigenvalue weighted by molar-refractivity contribution is 7.92. The molecule has 36 heavy (non-hydrogen) atoms. The van der Waals surface area contributed by atoms with E-state index < -0.39 is 51.2 Å². The summed E-state index contributed by atoms with van der Waals surface area (Å²) in [7, 11) is -3.93. The first-order valence-corrected chi connectivity index (χ1v) is 12.0. The van der Waals surface area contributed by atoms with Gasteiger partial charge in [0.25, 0.3) is 5.95 Å². The predicted molar refractivity (Wildman–Crippen MR) is 122 cm³/mol. The summed E-state index contributed by atoms with van der Waals surface area (Å²) in [5.41, 5.74) is -1.56. The van der Waals surface area contributed by atoms with Gasteiger partial charge in [-0.05, 0) is 54.4 Å². The van der Waals surface area contributed by atoms with Crippen LogP contribution in [0.4, 0.5) is 32.4 Å².